The lowest BCUT2D eigenvalue weighted by molar-refractivity contribution is 0.383. The smallest absolute Gasteiger partial charge is 0.214 e. The van der Waals surface area contributed by atoms with Gasteiger partial charge < -0.3 is 4.90 Å². The monoisotopic (exact) mass is 333 g/mol. The van der Waals surface area contributed by atoms with Gasteiger partial charge in [-0.1, -0.05) is 31.5 Å². The fourth-order valence-electron chi connectivity index (χ4n) is 2.88. The normalized spacial score (nSPS) is 16.8. The Hall–Kier alpha value is -1.66. The van der Waals surface area contributed by atoms with Gasteiger partial charge in [0.2, 0.25) is 10.0 Å². The van der Waals surface area contributed by atoms with Crippen LogP contribution in [0.2, 0.25) is 0 Å². The molecule has 124 valence electrons. The number of para-hydroxylation sites is 1. The van der Waals surface area contributed by atoms with Crippen LogP contribution in [-0.2, 0) is 10.0 Å². The molecular formula is C17H23N3O2S. The fraction of sp³-hybridized carbons (Fsp3) is 0.471. The quantitative estimate of drug-likeness (QED) is 0.843. The number of benzene rings is 1. The molecule has 1 aliphatic heterocycles. The summed E-state index contributed by atoms with van der Waals surface area (Å²) >= 11 is 0. The number of nitrogens with zero attached hydrogens (tertiary/aromatic N) is 3. The molecule has 1 aliphatic rings. The van der Waals surface area contributed by atoms with Crippen molar-refractivity contribution in [1.82, 2.24) is 9.29 Å². The molecule has 6 heteroatoms. The van der Waals surface area contributed by atoms with Crippen molar-refractivity contribution in [3.63, 3.8) is 0 Å². The van der Waals surface area contributed by atoms with Gasteiger partial charge in [-0.15, -0.1) is 0 Å². The van der Waals surface area contributed by atoms with Gasteiger partial charge in [-0.2, -0.15) is 4.31 Å². The number of fused-ring (bicyclic) bond motifs is 1. The van der Waals surface area contributed by atoms with E-state index in [1.54, 1.807) is 4.31 Å². The molecule has 0 spiro atoms. The van der Waals surface area contributed by atoms with Crippen molar-refractivity contribution in [1.29, 1.82) is 0 Å². The van der Waals surface area contributed by atoms with Crippen molar-refractivity contribution in [2.75, 3.05) is 36.8 Å². The molecule has 1 aromatic heterocycles. The first-order chi connectivity index (χ1) is 11.1. The van der Waals surface area contributed by atoms with Gasteiger partial charge in [-0.05, 0) is 24.6 Å². The Morgan fingerprint density at radius 3 is 2.52 bits per heavy atom. The summed E-state index contributed by atoms with van der Waals surface area (Å²) in [5.74, 6) is 1.19. The van der Waals surface area contributed by atoms with E-state index in [1.807, 2.05) is 37.3 Å². The highest BCUT2D eigenvalue weighted by Crippen LogP contribution is 2.20. The second-order valence-electron chi connectivity index (χ2n) is 5.92. The maximum absolute atomic E-state index is 12.3. The van der Waals surface area contributed by atoms with E-state index in [1.165, 1.54) is 0 Å². The predicted octanol–water partition coefficient (Wildman–Crippen LogP) is 2.49. The summed E-state index contributed by atoms with van der Waals surface area (Å²) < 4.78 is 26.1. The zero-order valence-electron chi connectivity index (χ0n) is 13.5. The van der Waals surface area contributed by atoms with E-state index in [0.29, 0.717) is 26.2 Å². The van der Waals surface area contributed by atoms with Crippen molar-refractivity contribution in [3.05, 3.63) is 36.4 Å². The van der Waals surface area contributed by atoms with Crippen molar-refractivity contribution < 1.29 is 8.42 Å². The van der Waals surface area contributed by atoms with Crippen molar-refractivity contribution in [3.8, 4) is 0 Å². The molecule has 5 nitrogen and oxygen atoms in total. The van der Waals surface area contributed by atoms with E-state index < -0.39 is 10.0 Å². The first-order valence-electron chi connectivity index (χ1n) is 8.19. The molecule has 23 heavy (non-hydrogen) atoms. The van der Waals surface area contributed by atoms with Crippen LogP contribution in [0.3, 0.4) is 0 Å². The third kappa shape index (κ3) is 3.64. The lowest BCUT2D eigenvalue weighted by Gasteiger charge is -2.34. The van der Waals surface area contributed by atoms with Crippen LogP contribution in [0.25, 0.3) is 10.9 Å². The number of aromatic nitrogens is 1. The Kier molecular flexibility index (Phi) is 4.82. The van der Waals surface area contributed by atoms with Gasteiger partial charge in [0, 0.05) is 31.6 Å². The number of sulfonamides is 1. The highest BCUT2D eigenvalue weighted by atomic mass is 32.2. The van der Waals surface area contributed by atoms with Crippen LogP contribution < -0.4 is 4.90 Å². The van der Waals surface area contributed by atoms with Crippen LogP contribution in [0.15, 0.2) is 36.4 Å². The number of pyridine rings is 1. The number of hydrogen-bond acceptors (Lipinski definition) is 4. The van der Waals surface area contributed by atoms with Crippen molar-refractivity contribution in [2.24, 2.45) is 0 Å². The third-order valence-corrected chi connectivity index (χ3v) is 6.25. The standard InChI is InChI=1S/C17H23N3O2S/c1-2-3-14-23(21,22)20-12-10-19(11-13-20)17-9-8-15-6-4-5-7-16(15)18-17/h4-9H,2-3,10-14H2,1H3. The van der Waals surface area contributed by atoms with Gasteiger partial charge >= 0.3 is 0 Å². The molecule has 0 bridgehead atoms. The highest BCUT2D eigenvalue weighted by Gasteiger charge is 2.26. The van der Waals surface area contributed by atoms with Crippen LogP contribution in [0, 0.1) is 0 Å². The zero-order valence-corrected chi connectivity index (χ0v) is 14.3. The first kappa shape index (κ1) is 16.2. The van der Waals surface area contributed by atoms with Crippen molar-refractivity contribution in [2.45, 2.75) is 19.8 Å². The second kappa shape index (κ2) is 6.84. The largest absolute Gasteiger partial charge is 0.354 e. The van der Waals surface area contributed by atoms with Crippen LogP contribution in [0.5, 0.6) is 0 Å². The minimum absolute atomic E-state index is 0.262. The third-order valence-electron chi connectivity index (χ3n) is 4.30. The molecule has 0 aliphatic carbocycles. The molecule has 1 aromatic carbocycles. The Labute approximate surface area is 138 Å². The van der Waals surface area contributed by atoms with Gasteiger partial charge in [0.25, 0.3) is 0 Å². The minimum atomic E-state index is -3.10. The summed E-state index contributed by atoms with van der Waals surface area (Å²) in [6.07, 6.45) is 1.63. The van der Waals surface area contributed by atoms with Crippen LogP contribution in [0.4, 0.5) is 5.82 Å². The topological polar surface area (TPSA) is 53.5 Å². The summed E-state index contributed by atoms with van der Waals surface area (Å²) in [6, 6.07) is 12.1. The molecule has 0 amide bonds. The lowest BCUT2D eigenvalue weighted by atomic mass is 10.2. The summed E-state index contributed by atoms with van der Waals surface area (Å²) in [4.78, 5) is 6.86. The van der Waals surface area contributed by atoms with Crippen LogP contribution >= 0.6 is 0 Å². The molecule has 1 fully saturated rings. The van der Waals surface area contributed by atoms with E-state index >= 15 is 0 Å². The van der Waals surface area contributed by atoms with E-state index in [2.05, 4.69) is 11.0 Å². The zero-order chi connectivity index (χ0) is 16.3. The molecule has 0 saturated carbocycles. The van der Waals surface area contributed by atoms with Gasteiger partial charge in [-0.3, -0.25) is 0 Å². The maximum atomic E-state index is 12.3. The Bertz CT molecular complexity index is 768. The van der Waals surface area contributed by atoms with E-state index in [0.717, 1.165) is 29.6 Å². The molecule has 0 N–H and O–H groups in total. The molecule has 3 rings (SSSR count). The van der Waals surface area contributed by atoms with E-state index in [-0.39, 0.29) is 5.75 Å². The maximum Gasteiger partial charge on any atom is 0.214 e. The van der Waals surface area contributed by atoms with Crippen LogP contribution in [0.1, 0.15) is 19.8 Å². The Balaban J connectivity index is 1.68. The summed E-state index contributed by atoms with van der Waals surface area (Å²) in [7, 11) is -3.10. The molecule has 0 unspecified atom stereocenters. The van der Waals surface area contributed by atoms with Gasteiger partial charge in [0.05, 0.1) is 11.3 Å². The summed E-state index contributed by atoms with van der Waals surface area (Å²) in [5.41, 5.74) is 0.975. The fourth-order valence-corrected chi connectivity index (χ4v) is 4.51. The lowest BCUT2D eigenvalue weighted by Crippen LogP contribution is -2.49. The number of rotatable bonds is 5. The van der Waals surface area contributed by atoms with Crippen molar-refractivity contribution >= 4 is 26.7 Å². The van der Waals surface area contributed by atoms with Gasteiger partial charge in [-0.25, -0.2) is 13.4 Å². The minimum Gasteiger partial charge on any atom is -0.354 e. The SMILES string of the molecule is CCCCS(=O)(=O)N1CCN(c2ccc3ccccc3n2)CC1. The number of piperazine rings is 1. The number of unbranched alkanes of at least 4 members (excludes halogenated alkanes) is 1. The summed E-state index contributed by atoms with van der Waals surface area (Å²) in [5, 5.41) is 1.12. The number of hydrogen-bond donors (Lipinski definition) is 0. The Morgan fingerprint density at radius 1 is 1.04 bits per heavy atom. The molecular weight excluding hydrogens is 310 g/mol. The molecule has 1 saturated heterocycles. The second-order valence-corrected chi connectivity index (χ2v) is 8.01. The molecule has 0 radical (unpaired) electrons. The molecule has 2 heterocycles. The average Bonchev–Trinajstić information content (AvgIpc) is 2.60. The van der Waals surface area contributed by atoms with Crippen LogP contribution in [-0.4, -0.2) is 49.6 Å². The predicted molar refractivity (Wildman–Crippen MR) is 94.2 cm³/mol. The number of anilines is 1. The van der Waals surface area contributed by atoms with E-state index in [4.69, 9.17) is 4.98 Å². The summed E-state index contributed by atoms with van der Waals surface area (Å²) in [6.45, 7) is 4.48. The molecule has 2 aromatic rings. The van der Waals surface area contributed by atoms with Gasteiger partial charge in [0.15, 0.2) is 0 Å². The Morgan fingerprint density at radius 2 is 1.78 bits per heavy atom. The average molecular weight is 333 g/mol. The van der Waals surface area contributed by atoms with Gasteiger partial charge in [0.1, 0.15) is 5.82 Å². The highest BCUT2D eigenvalue weighted by molar-refractivity contribution is 7.89. The first-order valence-corrected chi connectivity index (χ1v) is 9.79. The van der Waals surface area contributed by atoms with E-state index in [9.17, 15) is 8.42 Å². The molecule has 0 atom stereocenters.